The summed E-state index contributed by atoms with van der Waals surface area (Å²) < 4.78 is 9.87. The van der Waals surface area contributed by atoms with E-state index in [1.54, 1.807) is 0 Å². The summed E-state index contributed by atoms with van der Waals surface area (Å²) in [5, 5.41) is 0. The van der Waals surface area contributed by atoms with Crippen molar-refractivity contribution in [2.24, 2.45) is 0 Å². The van der Waals surface area contributed by atoms with Crippen LogP contribution in [0.1, 0.15) is 13.3 Å². The van der Waals surface area contributed by atoms with Crippen LogP contribution < -0.4 is 0 Å². The van der Waals surface area contributed by atoms with Gasteiger partial charge < -0.3 is 0 Å². The molecule has 0 aromatic heterocycles. The first-order valence-corrected chi connectivity index (χ1v) is 4.86. The Balaban J connectivity index is 2.82. The van der Waals surface area contributed by atoms with Crippen LogP contribution in [-0.2, 0) is 4.57 Å². The lowest BCUT2D eigenvalue weighted by Gasteiger charge is -1.73. The zero-order chi connectivity index (χ0) is 5.70. The highest BCUT2D eigenvalue weighted by Crippen LogP contribution is 2.32. The molecule has 0 aromatic rings. The largest absolute Gasteiger partial charge is 0.582 e. The molecule has 2 nitrogen and oxygen atoms in total. The molecule has 42 valence electrons. The molecule has 0 aliphatic rings. The van der Waals surface area contributed by atoms with Crippen LogP contribution in [0.3, 0.4) is 0 Å². The summed E-state index contributed by atoms with van der Waals surface area (Å²) in [6, 6.07) is 0. The molecular formula is C3H8O2PS+. The predicted octanol–water partition coefficient (Wildman–Crippen LogP) is 1.78. The monoisotopic (exact) mass is 139 g/mol. The second-order valence-corrected chi connectivity index (χ2v) is 3.92. The molecule has 0 saturated heterocycles. The molecule has 0 aliphatic heterocycles. The van der Waals surface area contributed by atoms with Gasteiger partial charge in [0.25, 0.3) is 0 Å². The van der Waals surface area contributed by atoms with Gasteiger partial charge in [-0.3, -0.25) is 0 Å². The van der Waals surface area contributed by atoms with Gasteiger partial charge in [0.15, 0.2) is 11.4 Å². The fourth-order valence-electron chi connectivity index (χ4n) is 0.169. The second kappa shape index (κ2) is 4.57. The molecule has 1 N–H and O–H groups in total. The minimum atomic E-state index is -1.94. The molecule has 7 heavy (non-hydrogen) atoms. The summed E-state index contributed by atoms with van der Waals surface area (Å²) in [5.74, 6) is 0.783. The van der Waals surface area contributed by atoms with E-state index in [1.165, 1.54) is 0 Å². The lowest BCUT2D eigenvalue weighted by molar-refractivity contribution is 0.519. The minimum absolute atomic E-state index is 0.783. The molecule has 0 radical (unpaired) electrons. The first kappa shape index (κ1) is 7.41. The van der Waals surface area contributed by atoms with Crippen molar-refractivity contribution in [1.29, 1.82) is 0 Å². The normalized spacial score (nSPS) is 11.4. The van der Waals surface area contributed by atoms with E-state index in [2.05, 4.69) is 0 Å². The molecule has 1 unspecified atom stereocenters. The summed E-state index contributed by atoms with van der Waals surface area (Å²) in [4.78, 5) is 8.16. The van der Waals surface area contributed by atoms with Crippen molar-refractivity contribution in [3.63, 3.8) is 0 Å². The summed E-state index contributed by atoms with van der Waals surface area (Å²) >= 11 is 1.10. The zero-order valence-electron chi connectivity index (χ0n) is 4.13. The Labute approximate surface area is 47.9 Å². The lowest BCUT2D eigenvalue weighted by atomic mass is 10.6. The van der Waals surface area contributed by atoms with Crippen LogP contribution >= 0.6 is 18.6 Å². The molecule has 4 heteroatoms. The number of hydrogen-bond donors (Lipinski definition) is 1. The third-order valence-electron chi connectivity index (χ3n) is 0.406. The fourth-order valence-corrected chi connectivity index (χ4v) is 1.52. The van der Waals surface area contributed by atoms with Crippen LogP contribution in [0.2, 0.25) is 0 Å². The highest BCUT2D eigenvalue weighted by Gasteiger charge is 2.09. The van der Waals surface area contributed by atoms with Gasteiger partial charge in [0.2, 0.25) is 0 Å². The van der Waals surface area contributed by atoms with Crippen LogP contribution in [0, 0.1) is 0 Å². The molecule has 0 aliphatic carbocycles. The van der Waals surface area contributed by atoms with Crippen molar-refractivity contribution in [3.05, 3.63) is 0 Å². The van der Waals surface area contributed by atoms with Gasteiger partial charge >= 0.3 is 7.23 Å². The average molecular weight is 139 g/mol. The molecule has 0 saturated carbocycles. The van der Waals surface area contributed by atoms with Gasteiger partial charge in [-0.25, -0.2) is 0 Å². The molecule has 0 fully saturated rings. The maximum atomic E-state index is 9.87. The highest BCUT2D eigenvalue weighted by atomic mass is 32.7. The summed E-state index contributed by atoms with van der Waals surface area (Å²) in [6.07, 6.45) is 0.965. The van der Waals surface area contributed by atoms with Crippen LogP contribution in [0.5, 0.6) is 0 Å². The number of rotatable bonds is 3. The highest BCUT2D eigenvalue weighted by molar-refractivity contribution is 8.50. The van der Waals surface area contributed by atoms with Gasteiger partial charge in [-0.1, -0.05) is 6.92 Å². The fraction of sp³-hybridized carbons (Fsp3) is 1.00. The van der Waals surface area contributed by atoms with E-state index < -0.39 is 7.23 Å². The molecule has 0 aromatic carbocycles. The van der Waals surface area contributed by atoms with Gasteiger partial charge in [-0.2, -0.15) is 4.89 Å². The van der Waals surface area contributed by atoms with Gasteiger partial charge in [-0.15, -0.1) is 0 Å². The van der Waals surface area contributed by atoms with Crippen molar-refractivity contribution in [3.8, 4) is 0 Å². The van der Waals surface area contributed by atoms with Crippen LogP contribution in [0.15, 0.2) is 0 Å². The zero-order valence-corrected chi connectivity index (χ0v) is 5.84. The Bertz CT molecular complexity index is 66.0. The maximum absolute atomic E-state index is 9.87. The van der Waals surface area contributed by atoms with Gasteiger partial charge in [0.05, 0.1) is 0 Å². The van der Waals surface area contributed by atoms with E-state index in [4.69, 9.17) is 4.89 Å². The lowest BCUT2D eigenvalue weighted by Crippen LogP contribution is -1.64. The van der Waals surface area contributed by atoms with E-state index in [0.717, 1.165) is 23.6 Å². The summed E-state index contributed by atoms with van der Waals surface area (Å²) in [6.45, 7) is 1.98. The topological polar surface area (TPSA) is 37.3 Å². The molecule has 0 spiro atoms. The Morgan fingerprint density at radius 2 is 2.43 bits per heavy atom. The molecule has 0 rings (SSSR count). The third kappa shape index (κ3) is 6.41. The van der Waals surface area contributed by atoms with Crippen molar-refractivity contribution in [2.75, 3.05) is 5.75 Å². The standard InChI is InChI=1S/C3H7O2PS/c1-2-3-7-6(4)5/h2-3H2,1H3/p+1. The number of hydrogen-bond acceptors (Lipinski definition) is 2. The Hall–Kier alpha value is 0.410. The van der Waals surface area contributed by atoms with Gasteiger partial charge in [0, 0.05) is 5.75 Å². The van der Waals surface area contributed by atoms with E-state index in [1.807, 2.05) is 6.92 Å². The third-order valence-corrected chi connectivity index (χ3v) is 2.43. The molecular weight excluding hydrogens is 131 g/mol. The Morgan fingerprint density at radius 3 is 2.57 bits per heavy atom. The summed E-state index contributed by atoms with van der Waals surface area (Å²) in [7, 11) is -1.94. The van der Waals surface area contributed by atoms with E-state index in [0.29, 0.717) is 0 Å². The van der Waals surface area contributed by atoms with Crippen LogP contribution in [0.4, 0.5) is 0 Å². The van der Waals surface area contributed by atoms with Crippen LogP contribution in [-0.4, -0.2) is 10.6 Å². The smallest absolute Gasteiger partial charge is 0.151 e. The van der Waals surface area contributed by atoms with Gasteiger partial charge in [0.1, 0.15) is 0 Å². The average Bonchev–Trinajstić information content (AvgIpc) is 1.61. The van der Waals surface area contributed by atoms with Gasteiger partial charge in [-0.05, 0) is 11.0 Å². The quantitative estimate of drug-likeness (QED) is 0.605. The molecule has 0 heterocycles. The SMILES string of the molecule is CCCS[P+](=O)O. The predicted molar refractivity (Wildman–Crippen MR) is 32.6 cm³/mol. The van der Waals surface area contributed by atoms with Crippen molar-refractivity contribution < 1.29 is 9.46 Å². The van der Waals surface area contributed by atoms with E-state index in [-0.39, 0.29) is 0 Å². The first-order chi connectivity index (χ1) is 3.27. The van der Waals surface area contributed by atoms with Crippen LogP contribution in [0.25, 0.3) is 0 Å². The first-order valence-electron chi connectivity index (χ1n) is 2.06. The Kier molecular flexibility index (Phi) is 4.83. The minimum Gasteiger partial charge on any atom is -0.151 e. The van der Waals surface area contributed by atoms with Crippen molar-refractivity contribution in [2.45, 2.75) is 13.3 Å². The summed E-state index contributed by atoms with van der Waals surface area (Å²) in [5.41, 5.74) is 0. The van der Waals surface area contributed by atoms with Crippen molar-refractivity contribution in [1.82, 2.24) is 0 Å². The molecule has 0 bridgehead atoms. The van der Waals surface area contributed by atoms with E-state index >= 15 is 0 Å². The van der Waals surface area contributed by atoms with E-state index in [9.17, 15) is 4.57 Å². The Morgan fingerprint density at radius 1 is 1.86 bits per heavy atom. The second-order valence-electron chi connectivity index (χ2n) is 1.07. The molecule has 0 amide bonds. The maximum Gasteiger partial charge on any atom is 0.582 e. The molecule has 1 atom stereocenters. The van der Waals surface area contributed by atoms with Crippen molar-refractivity contribution >= 4 is 18.6 Å².